The van der Waals surface area contributed by atoms with Gasteiger partial charge in [0.05, 0.1) is 12.2 Å². The number of carbonyl (C=O) groups is 1. The SMILES string of the molecule is CCCCCOC(=O)c1ccccc1C. The van der Waals surface area contributed by atoms with Gasteiger partial charge < -0.3 is 4.74 Å². The van der Waals surface area contributed by atoms with E-state index in [-0.39, 0.29) is 5.97 Å². The summed E-state index contributed by atoms with van der Waals surface area (Å²) >= 11 is 0. The average molecular weight is 206 g/mol. The molecule has 0 saturated carbocycles. The molecule has 15 heavy (non-hydrogen) atoms. The fraction of sp³-hybridized carbons (Fsp3) is 0.462. The summed E-state index contributed by atoms with van der Waals surface area (Å²) in [5, 5.41) is 0. The predicted molar refractivity (Wildman–Crippen MR) is 61.0 cm³/mol. The Hall–Kier alpha value is -1.31. The third kappa shape index (κ3) is 3.74. The van der Waals surface area contributed by atoms with Gasteiger partial charge in [-0.3, -0.25) is 0 Å². The number of esters is 1. The van der Waals surface area contributed by atoms with Crippen LogP contribution in [0.5, 0.6) is 0 Å². The van der Waals surface area contributed by atoms with Crippen molar-refractivity contribution in [2.75, 3.05) is 6.61 Å². The largest absolute Gasteiger partial charge is 0.462 e. The summed E-state index contributed by atoms with van der Waals surface area (Å²) in [6.07, 6.45) is 3.21. The molecule has 0 aliphatic heterocycles. The van der Waals surface area contributed by atoms with E-state index >= 15 is 0 Å². The minimum absolute atomic E-state index is 0.204. The van der Waals surface area contributed by atoms with E-state index in [0.29, 0.717) is 12.2 Å². The van der Waals surface area contributed by atoms with Crippen molar-refractivity contribution in [1.29, 1.82) is 0 Å². The molecule has 0 spiro atoms. The Morgan fingerprint density at radius 3 is 2.67 bits per heavy atom. The molecule has 0 heterocycles. The second kappa shape index (κ2) is 6.23. The minimum atomic E-state index is -0.204. The van der Waals surface area contributed by atoms with Gasteiger partial charge >= 0.3 is 5.97 Å². The number of hydrogen-bond donors (Lipinski definition) is 0. The Morgan fingerprint density at radius 2 is 2.00 bits per heavy atom. The van der Waals surface area contributed by atoms with Gasteiger partial charge in [0, 0.05) is 0 Å². The van der Waals surface area contributed by atoms with Crippen LogP contribution in [0.15, 0.2) is 24.3 Å². The van der Waals surface area contributed by atoms with Crippen LogP contribution in [0.1, 0.15) is 42.1 Å². The molecule has 2 heteroatoms. The summed E-state index contributed by atoms with van der Waals surface area (Å²) in [5.41, 5.74) is 1.65. The highest BCUT2D eigenvalue weighted by atomic mass is 16.5. The van der Waals surface area contributed by atoms with Gasteiger partial charge in [-0.15, -0.1) is 0 Å². The number of rotatable bonds is 5. The molecule has 1 aromatic rings. The van der Waals surface area contributed by atoms with Crippen molar-refractivity contribution in [3.63, 3.8) is 0 Å². The second-order valence-corrected chi connectivity index (χ2v) is 3.66. The van der Waals surface area contributed by atoms with E-state index in [1.807, 2.05) is 25.1 Å². The maximum absolute atomic E-state index is 11.6. The quantitative estimate of drug-likeness (QED) is 0.545. The van der Waals surface area contributed by atoms with Crippen molar-refractivity contribution in [1.82, 2.24) is 0 Å². The van der Waals surface area contributed by atoms with E-state index in [4.69, 9.17) is 4.74 Å². The molecule has 0 saturated heterocycles. The number of aryl methyl sites for hydroxylation is 1. The molecular formula is C13H18O2. The molecule has 0 bridgehead atoms. The van der Waals surface area contributed by atoms with Crippen LogP contribution in [0.3, 0.4) is 0 Å². The molecule has 0 N–H and O–H groups in total. The number of benzene rings is 1. The molecule has 1 aromatic carbocycles. The summed E-state index contributed by atoms with van der Waals surface area (Å²) in [6, 6.07) is 7.50. The number of unbranched alkanes of at least 4 members (excludes halogenated alkanes) is 2. The van der Waals surface area contributed by atoms with Gasteiger partial charge in [-0.1, -0.05) is 38.0 Å². The zero-order valence-corrected chi connectivity index (χ0v) is 9.45. The fourth-order valence-electron chi connectivity index (χ4n) is 1.40. The molecule has 0 aromatic heterocycles. The highest BCUT2D eigenvalue weighted by Crippen LogP contribution is 2.08. The lowest BCUT2D eigenvalue weighted by Crippen LogP contribution is -2.07. The van der Waals surface area contributed by atoms with Crippen molar-refractivity contribution < 1.29 is 9.53 Å². The van der Waals surface area contributed by atoms with Crippen molar-refractivity contribution in [2.24, 2.45) is 0 Å². The Bertz CT molecular complexity index is 318. The van der Waals surface area contributed by atoms with Crippen LogP contribution in [0.2, 0.25) is 0 Å². The van der Waals surface area contributed by atoms with Gasteiger partial charge in [-0.25, -0.2) is 4.79 Å². The van der Waals surface area contributed by atoms with Gasteiger partial charge in [0.1, 0.15) is 0 Å². The fourth-order valence-corrected chi connectivity index (χ4v) is 1.40. The minimum Gasteiger partial charge on any atom is -0.462 e. The van der Waals surface area contributed by atoms with Gasteiger partial charge in [0.25, 0.3) is 0 Å². The van der Waals surface area contributed by atoms with Crippen molar-refractivity contribution in [2.45, 2.75) is 33.1 Å². The van der Waals surface area contributed by atoms with Crippen LogP contribution < -0.4 is 0 Å². The first-order valence-electron chi connectivity index (χ1n) is 5.48. The number of hydrogen-bond acceptors (Lipinski definition) is 2. The molecule has 0 unspecified atom stereocenters. The zero-order chi connectivity index (χ0) is 11.1. The topological polar surface area (TPSA) is 26.3 Å². The first kappa shape index (κ1) is 11.8. The average Bonchev–Trinajstić information content (AvgIpc) is 2.25. The number of ether oxygens (including phenoxy) is 1. The van der Waals surface area contributed by atoms with E-state index in [1.165, 1.54) is 0 Å². The third-order valence-electron chi connectivity index (χ3n) is 2.35. The van der Waals surface area contributed by atoms with E-state index in [1.54, 1.807) is 6.07 Å². The smallest absolute Gasteiger partial charge is 0.338 e. The molecule has 0 aliphatic carbocycles. The molecule has 82 valence electrons. The normalized spacial score (nSPS) is 10.0. The molecule has 0 fully saturated rings. The third-order valence-corrected chi connectivity index (χ3v) is 2.35. The van der Waals surface area contributed by atoms with Crippen LogP contribution >= 0.6 is 0 Å². The summed E-state index contributed by atoms with van der Waals surface area (Å²) < 4.78 is 5.17. The molecule has 0 atom stereocenters. The van der Waals surface area contributed by atoms with Gasteiger partial charge in [-0.05, 0) is 25.0 Å². The van der Waals surface area contributed by atoms with Crippen LogP contribution in [0.4, 0.5) is 0 Å². The Labute approximate surface area is 91.3 Å². The summed E-state index contributed by atoms with van der Waals surface area (Å²) in [6.45, 7) is 4.58. The van der Waals surface area contributed by atoms with Crippen molar-refractivity contribution in [3.8, 4) is 0 Å². The van der Waals surface area contributed by atoms with E-state index in [2.05, 4.69) is 6.92 Å². The van der Waals surface area contributed by atoms with Crippen LogP contribution in [0, 0.1) is 6.92 Å². The van der Waals surface area contributed by atoms with E-state index < -0.39 is 0 Å². The van der Waals surface area contributed by atoms with Crippen LogP contribution in [0.25, 0.3) is 0 Å². The van der Waals surface area contributed by atoms with Crippen molar-refractivity contribution >= 4 is 5.97 Å². The second-order valence-electron chi connectivity index (χ2n) is 3.66. The summed E-state index contributed by atoms with van der Waals surface area (Å²) in [7, 11) is 0. The molecule has 1 rings (SSSR count). The summed E-state index contributed by atoms with van der Waals surface area (Å²) in [5.74, 6) is -0.204. The van der Waals surface area contributed by atoms with Crippen LogP contribution in [-0.4, -0.2) is 12.6 Å². The lowest BCUT2D eigenvalue weighted by atomic mass is 10.1. The first-order chi connectivity index (χ1) is 7.25. The van der Waals surface area contributed by atoms with Crippen LogP contribution in [-0.2, 0) is 4.74 Å². The molecule has 2 nitrogen and oxygen atoms in total. The van der Waals surface area contributed by atoms with Crippen molar-refractivity contribution in [3.05, 3.63) is 35.4 Å². The summed E-state index contributed by atoms with van der Waals surface area (Å²) in [4.78, 5) is 11.6. The highest BCUT2D eigenvalue weighted by molar-refractivity contribution is 5.90. The molecule has 0 amide bonds. The number of carbonyl (C=O) groups excluding carboxylic acids is 1. The Morgan fingerprint density at radius 1 is 1.27 bits per heavy atom. The van der Waals surface area contributed by atoms with E-state index in [9.17, 15) is 4.79 Å². The lowest BCUT2D eigenvalue weighted by Gasteiger charge is -2.06. The van der Waals surface area contributed by atoms with E-state index in [0.717, 1.165) is 24.8 Å². The predicted octanol–water partition coefficient (Wildman–Crippen LogP) is 3.34. The Kier molecular flexibility index (Phi) is 4.88. The lowest BCUT2D eigenvalue weighted by molar-refractivity contribution is 0.0497. The van der Waals surface area contributed by atoms with Gasteiger partial charge in [0.2, 0.25) is 0 Å². The standard InChI is InChI=1S/C13H18O2/c1-3-4-7-10-15-13(14)12-9-6-5-8-11(12)2/h5-6,8-9H,3-4,7,10H2,1-2H3. The maximum atomic E-state index is 11.6. The first-order valence-corrected chi connectivity index (χ1v) is 5.48. The monoisotopic (exact) mass is 206 g/mol. The maximum Gasteiger partial charge on any atom is 0.338 e. The Balaban J connectivity index is 2.44. The molecule has 0 radical (unpaired) electrons. The highest BCUT2D eigenvalue weighted by Gasteiger charge is 2.08. The molecular weight excluding hydrogens is 188 g/mol. The zero-order valence-electron chi connectivity index (χ0n) is 9.45. The van der Waals surface area contributed by atoms with Gasteiger partial charge in [0.15, 0.2) is 0 Å². The molecule has 0 aliphatic rings. The van der Waals surface area contributed by atoms with Gasteiger partial charge in [-0.2, -0.15) is 0 Å².